The third-order valence-corrected chi connectivity index (χ3v) is 2.91. The first kappa shape index (κ1) is 8.08. The number of rotatable bonds is 0. The van der Waals surface area contributed by atoms with Gasteiger partial charge in [0, 0.05) is 17.6 Å². The molecule has 12 heavy (non-hydrogen) atoms. The second kappa shape index (κ2) is 3.46. The number of fused-ring (bicyclic) bond motifs is 1. The van der Waals surface area contributed by atoms with Gasteiger partial charge in [-0.25, -0.2) is 0 Å². The zero-order valence-electron chi connectivity index (χ0n) is 7.08. The zero-order chi connectivity index (χ0) is 8.39. The minimum Gasteiger partial charge on any atom is -0.260 e. The average molecular weight is 180 g/mol. The van der Waals surface area contributed by atoms with Crippen LogP contribution in [0.25, 0.3) is 0 Å². The molecule has 0 spiro atoms. The van der Waals surface area contributed by atoms with E-state index < -0.39 is 0 Å². The second-order valence-corrected chi connectivity index (χ2v) is 4.14. The molecule has 3 heteroatoms. The van der Waals surface area contributed by atoms with E-state index in [1.54, 1.807) is 11.9 Å². The summed E-state index contributed by atoms with van der Waals surface area (Å²) >= 11 is 1.70. The van der Waals surface area contributed by atoms with Crippen LogP contribution in [0, 0.1) is 5.92 Å². The molecule has 1 aromatic heterocycles. The van der Waals surface area contributed by atoms with Gasteiger partial charge in [0.15, 0.2) is 0 Å². The Bertz CT molecular complexity index is 275. The van der Waals surface area contributed by atoms with Crippen LogP contribution in [-0.4, -0.2) is 11.5 Å². The van der Waals surface area contributed by atoms with E-state index in [-0.39, 0.29) is 0 Å². The van der Waals surface area contributed by atoms with Gasteiger partial charge in [-0.1, -0.05) is 6.92 Å². The van der Waals surface area contributed by atoms with Crippen LogP contribution in [0.1, 0.15) is 12.6 Å². The first-order valence-electron chi connectivity index (χ1n) is 4.20. The predicted molar refractivity (Wildman–Crippen MR) is 51.0 cm³/mol. The van der Waals surface area contributed by atoms with Gasteiger partial charge in [-0.15, -0.1) is 0 Å². The molecule has 0 amide bonds. The van der Waals surface area contributed by atoms with Crippen molar-refractivity contribution in [2.24, 2.45) is 5.92 Å². The van der Waals surface area contributed by atoms with Crippen molar-refractivity contribution in [3.63, 3.8) is 0 Å². The van der Waals surface area contributed by atoms with E-state index in [0.717, 1.165) is 13.0 Å². The molecule has 0 saturated carbocycles. The maximum Gasteiger partial charge on any atom is 0.0555 e. The highest BCUT2D eigenvalue weighted by atomic mass is 32.2. The number of nitrogens with one attached hydrogen (secondary N) is 1. The highest BCUT2D eigenvalue weighted by Gasteiger charge is 2.13. The first-order chi connectivity index (χ1) is 5.86. The number of hydrogen-bond acceptors (Lipinski definition) is 3. The van der Waals surface area contributed by atoms with Gasteiger partial charge in [0.25, 0.3) is 0 Å². The van der Waals surface area contributed by atoms with Crippen molar-refractivity contribution in [2.45, 2.75) is 18.2 Å². The molecule has 64 valence electrons. The van der Waals surface area contributed by atoms with E-state index in [2.05, 4.69) is 22.7 Å². The lowest BCUT2D eigenvalue weighted by Gasteiger charge is -2.04. The lowest BCUT2D eigenvalue weighted by Crippen LogP contribution is -2.12. The third kappa shape index (κ3) is 1.62. The Morgan fingerprint density at radius 3 is 3.50 bits per heavy atom. The van der Waals surface area contributed by atoms with Gasteiger partial charge in [0.05, 0.1) is 5.69 Å². The van der Waals surface area contributed by atoms with Crippen LogP contribution in [0.3, 0.4) is 0 Å². The average Bonchev–Trinajstić information content (AvgIpc) is 2.25. The van der Waals surface area contributed by atoms with E-state index in [9.17, 15) is 0 Å². The molecule has 1 atom stereocenters. The van der Waals surface area contributed by atoms with Gasteiger partial charge >= 0.3 is 0 Å². The number of nitrogens with zero attached hydrogens (tertiary/aromatic N) is 1. The van der Waals surface area contributed by atoms with E-state index >= 15 is 0 Å². The molecule has 1 aliphatic rings. The molecule has 2 heterocycles. The zero-order valence-corrected chi connectivity index (χ0v) is 7.90. The topological polar surface area (TPSA) is 24.9 Å². The number of hydrogen-bond donors (Lipinski definition) is 1. The van der Waals surface area contributed by atoms with Crippen molar-refractivity contribution in [1.82, 2.24) is 9.71 Å². The quantitative estimate of drug-likeness (QED) is 0.617. The minimum atomic E-state index is 0.689. The van der Waals surface area contributed by atoms with Crippen LogP contribution in [0.4, 0.5) is 0 Å². The molecule has 0 radical (unpaired) electrons. The molecule has 1 aliphatic heterocycles. The molecule has 0 aliphatic carbocycles. The smallest absolute Gasteiger partial charge is 0.0555 e. The molecule has 0 unspecified atom stereocenters. The van der Waals surface area contributed by atoms with Crippen molar-refractivity contribution < 1.29 is 0 Å². The van der Waals surface area contributed by atoms with Gasteiger partial charge in [-0.05, 0) is 36.4 Å². The van der Waals surface area contributed by atoms with Crippen LogP contribution in [0.5, 0.6) is 0 Å². The van der Waals surface area contributed by atoms with Crippen LogP contribution >= 0.6 is 11.9 Å². The Hall–Kier alpha value is -0.540. The Labute approximate surface area is 76.9 Å². The summed E-state index contributed by atoms with van der Waals surface area (Å²) in [4.78, 5) is 5.65. The van der Waals surface area contributed by atoms with E-state index in [4.69, 9.17) is 0 Å². The fraction of sp³-hybridized carbons (Fsp3) is 0.444. The van der Waals surface area contributed by atoms with E-state index in [1.807, 2.05) is 12.3 Å². The summed E-state index contributed by atoms with van der Waals surface area (Å²) < 4.78 is 3.33. The van der Waals surface area contributed by atoms with Crippen LogP contribution in [0.2, 0.25) is 0 Å². The summed E-state index contributed by atoms with van der Waals surface area (Å²) in [5, 5.41) is 0. The summed E-state index contributed by atoms with van der Waals surface area (Å²) in [6.07, 6.45) is 2.97. The van der Waals surface area contributed by atoms with Crippen LogP contribution in [0.15, 0.2) is 23.2 Å². The fourth-order valence-electron chi connectivity index (χ4n) is 1.33. The first-order valence-corrected chi connectivity index (χ1v) is 5.01. The lowest BCUT2D eigenvalue weighted by atomic mass is 10.1. The Balaban J connectivity index is 2.31. The molecule has 1 N–H and O–H groups in total. The molecule has 0 bridgehead atoms. The Morgan fingerprint density at radius 1 is 1.67 bits per heavy atom. The van der Waals surface area contributed by atoms with Crippen molar-refractivity contribution in [2.75, 3.05) is 6.54 Å². The van der Waals surface area contributed by atoms with Gasteiger partial charge in [-0.3, -0.25) is 9.71 Å². The summed E-state index contributed by atoms with van der Waals surface area (Å²) in [5.41, 5.74) is 1.24. The molecular formula is C9H12N2S. The molecule has 0 fully saturated rings. The molecule has 2 nitrogen and oxygen atoms in total. The van der Waals surface area contributed by atoms with E-state index in [0.29, 0.717) is 5.92 Å². The predicted octanol–water partition coefficient (Wildman–Crippen LogP) is 1.87. The number of aromatic nitrogens is 1. The monoisotopic (exact) mass is 180 g/mol. The maximum atomic E-state index is 4.37. The lowest BCUT2D eigenvalue weighted by molar-refractivity contribution is 0.570. The minimum absolute atomic E-state index is 0.689. The van der Waals surface area contributed by atoms with Crippen molar-refractivity contribution in [1.29, 1.82) is 0 Å². The summed E-state index contributed by atoms with van der Waals surface area (Å²) in [5.74, 6) is 0.689. The standard InChI is InChI=1S/C9H12N2S/c1-7-5-8-9(12-11-6-7)3-2-4-10-8/h2-4,7,11H,5-6H2,1H3/t7-/m1/s1. The maximum absolute atomic E-state index is 4.37. The van der Waals surface area contributed by atoms with Gasteiger partial charge in [0.1, 0.15) is 0 Å². The Morgan fingerprint density at radius 2 is 2.58 bits per heavy atom. The molecule has 1 aromatic rings. The highest BCUT2D eigenvalue weighted by molar-refractivity contribution is 7.97. The molecule has 2 rings (SSSR count). The fourth-order valence-corrected chi connectivity index (χ4v) is 2.26. The normalized spacial score (nSPS) is 22.9. The van der Waals surface area contributed by atoms with E-state index in [1.165, 1.54) is 10.6 Å². The largest absolute Gasteiger partial charge is 0.260 e. The SMILES string of the molecule is C[C@H]1CNSc2cccnc2C1. The van der Waals surface area contributed by atoms with Crippen molar-refractivity contribution in [3.8, 4) is 0 Å². The van der Waals surface area contributed by atoms with Gasteiger partial charge < -0.3 is 0 Å². The summed E-state index contributed by atoms with van der Waals surface area (Å²) in [7, 11) is 0. The summed E-state index contributed by atoms with van der Waals surface area (Å²) in [6, 6.07) is 4.11. The molecule has 0 aromatic carbocycles. The second-order valence-electron chi connectivity index (χ2n) is 3.21. The third-order valence-electron chi connectivity index (χ3n) is 2.00. The highest BCUT2D eigenvalue weighted by Crippen LogP contribution is 2.23. The van der Waals surface area contributed by atoms with Crippen molar-refractivity contribution in [3.05, 3.63) is 24.0 Å². The molecular weight excluding hydrogens is 168 g/mol. The Kier molecular flexibility index (Phi) is 2.33. The van der Waals surface area contributed by atoms with Crippen LogP contribution in [-0.2, 0) is 6.42 Å². The van der Waals surface area contributed by atoms with Gasteiger partial charge in [0.2, 0.25) is 0 Å². The molecule has 0 saturated heterocycles. The summed E-state index contributed by atoms with van der Waals surface area (Å²) in [6.45, 7) is 3.32. The van der Waals surface area contributed by atoms with Crippen LogP contribution < -0.4 is 4.72 Å². The number of pyridine rings is 1. The van der Waals surface area contributed by atoms with Gasteiger partial charge in [-0.2, -0.15) is 0 Å². The van der Waals surface area contributed by atoms with Crippen molar-refractivity contribution >= 4 is 11.9 Å².